The van der Waals surface area contributed by atoms with E-state index < -0.39 is 5.69 Å². The van der Waals surface area contributed by atoms with Gasteiger partial charge in [0.05, 0.1) is 11.2 Å². The van der Waals surface area contributed by atoms with Gasteiger partial charge in [0.1, 0.15) is 11.2 Å². The van der Waals surface area contributed by atoms with E-state index in [2.05, 4.69) is 5.32 Å². The van der Waals surface area contributed by atoms with Crippen LogP contribution in [0.4, 0.5) is 5.69 Å². The predicted molar refractivity (Wildman–Crippen MR) is 126 cm³/mol. The number of benzene rings is 2. The van der Waals surface area contributed by atoms with Crippen molar-refractivity contribution in [3.8, 4) is 5.69 Å². The van der Waals surface area contributed by atoms with Gasteiger partial charge in [0.2, 0.25) is 5.91 Å². The molecule has 0 radical (unpaired) electrons. The molecule has 0 aliphatic heterocycles. The molecule has 2 aromatic heterocycles. The molecule has 0 saturated heterocycles. The van der Waals surface area contributed by atoms with Gasteiger partial charge in [-0.3, -0.25) is 14.2 Å². The number of thiophene rings is 1. The monoisotopic (exact) mass is 433 g/mol. The van der Waals surface area contributed by atoms with E-state index in [1.807, 2.05) is 52.0 Å². The second kappa shape index (κ2) is 8.00. The lowest BCUT2D eigenvalue weighted by Crippen LogP contribution is -2.40. The fraction of sp³-hybridized carbons (Fsp3) is 0.208. The number of hydrogen-bond donors (Lipinski definition) is 1. The summed E-state index contributed by atoms with van der Waals surface area (Å²) in [5.74, 6) is -0.327. The molecule has 1 amide bonds. The zero-order chi connectivity index (χ0) is 22.3. The summed E-state index contributed by atoms with van der Waals surface area (Å²) >= 11 is 1.26. The van der Waals surface area contributed by atoms with Gasteiger partial charge in [-0.1, -0.05) is 23.8 Å². The molecule has 4 aromatic rings. The zero-order valence-electron chi connectivity index (χ0n) is 17.9. The molecule has 158 valence electrons. The maximum Gasteiger partial charge on any atom is 0.336 e. The normalized spacial score (nSPS) is 11.1. The molecule has 7 heteroatoms. The highest BCUT2D eigenvalue weighted by Crippen LogP contribution is 2.19. The summed E-state index contributed by atoms with van der Waals surface area (Å²) in [4.78, 5) is 39.3. The van der Waals surface area contributed by atoms with Gasteiger partial charge in [0.15, 0.2) is 0 Å². The number of nitrogens with one attached hydrogen (secondary N) is 1. The van der Waals surface area contributed by atoms with Crippen LogP contribution in [0.5, 0.6) is 0 Å². The van der Waals surface area contributed by atoms with Crippen molar-refractivity contribution in [2.45, 2.75) is 34.2 Å². The van der Waals surface area contributed by atoms with E-state index in [-0.39, 0.29) is 18.0 Å². The maximum absolute atomic E-state index is 13.4. The van der Waals surface area contributed by atoms with Gasteiger partial charge < -0.3 is 5.32 Å². The van der Waals surface area contributed by atoms with Crippen LogP contribution in [0, 0.1) is 27.7 Å². The molecule has 2 aromatic carbocycles. The Morgan fingerprint density at radius 2 is 1.65 bits per heavy atom. The van der Waals surface area contributed by atoms with Crippen LogP contribution in [-0.4, -0.2) is 15.0 Å². The molecular weight excluding hydrogens is 410 g/mol. The number of nitrogens with zero attached hydrogens (tertiary/aromatic N) is 2. The largest absolute Gasteiger partial charge is 0.336 e. The molecule has 0 atom stereocenters. The van der Waals surface area contributed by atoms with Gasteiger partial charge in [-0.25, -0.2) is 9.36 Å². The Hall–Kier alpha value is -3.45. The Labute approximate surface area is 183 Å². The van der Waals surface area contributed by atoms with Crippen molar-refractivity contribution >= 4 is 33.1 Å². The number of anilines is 1. The summed E-state index contributed by atoms with van der Waals surface area (Å²) in [6.45, 7) is 7.56. The number of aryl methyl sites for hydroxylation is 4. The van der Waals surface area contributed by atoms with Crippen molar-refractivity contribution in [1.82, 2.24) is 9.13 Å². The van der Waals surface area contributed by atoms with E-state index in [1.165, 1.54) is 15.9 Å². The van der Waals surface area contributed by atoms with Gasteiger partial charge in [-0.15, -0.1) is 11.3 Å². The molecule has 4 rings (SSSR count). The van der Waals surface area contributed by atoms with E-state index in [0.717, 1.165) is 26.8 Å². The van der Waals surface area contributed by atoms with Crippen molar-refractivity contribution < 1.29 is 4.79 Å². The van der Waals surface area contributed by atoms with Gasteiger partial charge in [-0.05, 0) is 74.0 Å². The number of amides is 1. The minimum Gasteiger partial charge on any atom is -0.324 e. The lowest BCUT2D eigenvalue weighted by molar-refractivity contribution is -0.116. The molecule has 31 heavy (non-hydrogen) atoms. The molecule has 1 N–H and O–H groups in total. The number of aromatic nitrogens is 2. The molecule has 0 spiro atoms. The maximum atomic E-state index is 13.4. The summed E-state index contributed by atoms with van der Waals surface area (Å²) in [7, 11) is 0. The second-order valence-electron chi connectivity index (χ2n) is 7.86. The summed E-state index contributed by atoms with van der Waals surface area (Å²) in [5, 5.41) is 4.64. The fourth-order valence-electron chi connectivity index (χ4n) is 3.83. The van der Waals surface area contributed by atoms with E-state index in [1.54, 1.807) is 23.6 Å². The lowest BCUT2D eigenvalue weighted by Gasteiger charge is -2.14. The first-order valence-corrected chi connectivity index (χ1v) is 10.8. The Morgan fingerprint density at radius 3 is 2.32 bits per heavy atom. The molecule has 2 heterocycles. The molecule has 0 saturated carbocycles. The van der Waals surface area contributed by atoms with Crippen molar-refractivity contribution in [2.75, 3.05) is 5.32 Å². The fourth-order valence-corrected chi connectivity index (χ4v) is 4.66. The first kappa shape index (κ1) is 20.8. The quantitative estimate of drug-likeness (QED) is 0.527. The van der Waals surface area contributed by atoms with E-state index in [0.29, 0.717) is 21.6 Å². The average Bonchev–Trinajstić information content (AvgIpc) is 3.17. The van der Waals surface area contributed by atoms with Crippen molar-refractivity contribution in [1.29, 1.82) is 0 Å². The SMILES string of the molecule is Cc1cc(C)cc(-n2c(=O)c3sccc3n(CC(=O)Nc3ccc(C)cc3C)c2=O)c1. The summed E-state index contributed by atoms with van der Waals surface area (Å²) in [5.41, 5.74) is 4.73. The smallest absolute Gasteiger partial charge is 0.324 e. The number of rotatable bonds is 4. The third-order valence-electron chi connectivity index (χ3n) is 5.18. The number of hydrogen-bond acceptors (Lipinski definition) is 4. The Kier molecular flexibility index (Phi) is 5.37. The minimum atomic E-state index is -0.531. The Morgan fingerprint density at radius 1 is 0.935 bits per heavy atom. The summed E-state index contributed by atoms with van der Waals surface area (Å²) in [6.07, 6.45) is 0. The summed E-state index contributed by atoms with van der Waals surface area (Å²) < 4.78 is 2.96. The van der Waals surface area contributed by atoms with Gasteiger partial charge in [0, 0.05) is 5.69 Å². The van der Waals surface area contributed by atoms with Crippen LogP contribution in [-0.2, 0) is 11.3 Å². The van der Waals surface area contributed by atoms with E-state index in [9.17, 15) is 14.4 Å². The zero-order valence-corrected chi connectivity index (χ0v) is 18.7. The third kappa shape index (κ3) is 3.96. The van der Waals surface area contributed by atoms with Crippen LogP contribution in [0.2, 0.25) is 0 Å². The van der Waals surface area contributed by atoms with Crippen LogP contribution >= 0.6 is 11.3 Å². The lowest BCUT2D eigenvalue weighted by atomic mass is 10.1. The minimum absolute atomic E-state index is 0.190. The van der Waals surface area contributed by atoms with Gasteiger partial charge >= 0.3 is 5.69 Å². The van der Waals surface area contributed by atoms with Crippen molar-refractivity contribution in [3.63, 3.8) is 0 Å². The molecular formula is C24H23N3O3S. The number of carbonyl (C=O) groups is 1. The Bertz CT molecular complexity index is 1420. The van der Waals surface area contributed by atoms with Crippen LogP contribution in [0.3, 0.4) is 0 Å². The van der Waals surface area contributed by atoms with E-state index in [4.69, 9.17) is 0 Å². The standard InChI is InChI=1S/C24H23N3O3S/c1-14-5-6-19(17(4)10-14)25-21(28)13-26-20-7-8-31-22(20)23(29)27(24(26)30)18-11-15(2)9-16(3)12-18/h5-12H,13H2,1-4H3,(H,25,28). The predicted octanol–water partition coefficient (Wildman–Crippen LogP) is 4.09. The molecule has 0 aliphatic rings. The highest BCUT2D eigenvalue weighted by molar-refractivity contribution is 7.17. The summed E-state index contributed by atoms with van der Waals surface area (Å²) in [6, 6.07) is 13.0. The molecule has 6 nitrogen and oxygen atoms in total. The van der Waals surface area contributed by atoms with Crippen molar-refractivity contribution in [2.24, 2.45) is 0 Å². The first-order chi connectivity index (χ1) is 14.7. The highest BCUT2D eigenvalue weighted by Gasteiger charge is 2.18. The highest BCUT2D eigenvalue weighted by atomic mass is 32.1. The first-order valence-electron chi connectivity index (χ1n) is 9.93. The van der Waals surface area contributed by atoms with Crippen molar-refractivity contribution in [3.05, 3.63) is 90.9 Å². The number of carbonyl (C=O) groups excluding carboxylic acids is 1. The molecule has 0 bridgehead atoms. The molecule has 0 fully saturated rings. The van der Waals surface area contributed by atoms with Gasteiger partial charge in [-0.2, -0.15) is 0 Å². The Balaban J connectivity index is 1.81. The topological polar surface area (TPSA) is 73.1 Å². The molecule has 0 aliphatic carbocycles. The molecule has 0 unspecified atom stereocenters. The number of fused-ring (bicyclic) bond motifs is 1. The van der Waals surface area contributed by atoms with Crippen LogP contribution in [0.1, 0.15) is 22.3 Å². The van der Waals surface area contributed by atoms with Crippen LogP contribution in [0.15, 0.2) is 57.4 Å². The van der Waals surface area contributed by atoms with Gasteiger partial charge in [0.25, 0.3) is 5.56 Å². The van der Waals surface area contributed by atoms with Crippen LogP contribution in [0.25, 0.3) is 15.9 Å². The third-order valence-corrected chi connectivity index (χ3v) is 6.07. The van der Waals surface area contributed by atoms with Crippen LogP contribution < -0.4 is 16.6 Å². The second-order valence-corrected chi connectivity index (χ2v) is 8.77. The van der Waals surface area contributed by atoms with E-state index >= 15 is 0 Å². The average molecular weight is 434 g/mol.